The summed E-state index contributed by atoms with van der Waals surface area (Å²) in [6.45, 7) is 2.33. The Hall–Kier alpha value is -3.61. The van der Waals surface area contributed by atoms with Gasteiger partial charge in [0.1, 0.15) is 16.9 Å². The highest BCUT2D eigenvalue weighted by atomic mass is 16.5. The zero-order valence-corrected chi connectivity index (χ0v) is 14.7. The first-order valence-corrected chi connectivity index (χ1v) is 8.40. The summed E-state index contributed by atoms with van der Waals surface area (Å²) in [5.74, 6) is -0.583. The fourth-order valence-electron chi connectivity index (χ4n) is 2.53. The lowest BCUT2D eigenvalue weighted by Crippen LogP contribution is -2.43. The maximum atomic E-state index is 12.2. The second kappa shape index (κ2) is 8.18. The first-order chi connectivity index (χ1) is 13.1. The van der Waals surface area contributed by atoms with Crippen molar-refractivity contribution in [1.82, 2.24) is 10.9 Å². The highest BCUT2D eigenvalue weighted by Crippen LogP contribution is 2.20. The second-order valence-corrected chi connectivity index (χ2v) is 5.74. The fraction of sp³-hybridized carbons (Fsp3) is 0.150. The van der Waals surface area contributed by atoms with Crippen LogP contribution < -0.4 is 21.2 Å². The molecule has 7 heteroatoms. The van der Waals surface area contributed by atoms with Gasteiger partial charge < -0.3 is 9.15 Å². The Morgan fingerprint density at radius 2 is 1.81 bits per heavy atom. The molecule has 3 rings (SSSR count). The maximum Gasteiger partial charge on any atom is 0.349 e. The molecule has 2 aromatic carbocycles. The molecule has 3 aromatic rings. The molecule has 7 nitrogen and oxygen atoms in total. The van der Waals surface area contributed by atoms with Gasteiger partial charge in [-0.1, -0.05) is 30.3 Å². The number of fused-ring (bicyclic) bond motifs is 1. The number of hydrogen-bond donors (Lipinski definition) is 2. The predicted octanol–water partition coefficient (Wildman–Crippen LogP) is 2.20. The van der Waals surface area contributed by atoms with Gasteiger partial charge >= 0.3 is 5.63 Å². The van der Waals surface area contributed by atoms with Crippen LogP contribution in [-0.2, 0) is 11.2 Å². The SMILES string of the molecule is CCOc1ccc2cc(C(=O)NNC(=O)Cc3ccccc3)c(=O)oc2c1. The minimum Gasteiger partial charge on any atom is -0.494 e. The van der Waals surface area contributed by atoms with Crippen molar-refractivity contribution in [3.05, 3.63) is 76.1 Å². The van der Waals surface area contributed by atoms with Crippen molar-refractivity contribution in [2.24, 2.45) is 0 Å². The lowest BCUT2D eigenvalue weighted by atomic mass is 10.1. The first-order valence-electron chi connectivity index (χ1n) is 8.40. The molecule has 0 aliphatic carbocycles. The molecule has 0 unspecified atom stereocenters. The van der Waals surface area contributed by atoms with Crippen molar-refractivity contribution in [3.8, 4) is 5.75 Å². The van der Waals surface area contributed by atoms with E-state index < -0.39 is 17.4 Å². The minimum atomic E-state index is -0.800. The lowest BCUT2D eigenvalue weighted by Gasteiger charge is -2.08. The molecular weight excluding hydrogens is 348 g/mol. The van der Waals surface area contributed by atoms with Crippen LogP contribution in [0.25, 0.3) is 11.0 Å². The average molecular weight is 366 g/mol. The Morgan fingerprint density at radius 1 is 1.04 bits per heavy atom. The summed E-state index contributed by atoms with van der Waals surface area (Å²) in [6.07, 6.45) is 0.105. The molecule has 0 saturated carbocycles. The van der Waals surface area contributed by atoms with Crippen LogP contribution in [0.4, 0.5) is 0 Å². The third kappa shape index (κ3) is 4.52. The summed E-state index contributed by atoms with van der Waals surface area (Å²) < 4.78 is 10.6. The van der Waals surface area contributed by atoms with Crippen LogP contribution >= 0.6 is 0 Å². The highest BCUT2D eigenvalue weighted by molar-refractivity contribution is 5.97. The number of hydrogen-bond acceptors (Lipinski definition) is 5. The minimum absolute atomic E-state index is 0.105. The van der Waals surface area contributed by atoms with Crippen LogP contribution in [-0.4, -0.2) is 18.4 Å². The van der Waals surface area contributed by atoms with Crippen LogP contribution in [0.5, 0.6) is 5.75 Å². The van der Waals surface area contributed by atoms with E-state index >= 15 is 0 Å². The molecule has 0 radical (unpaired) electrons. The number of ether oxygens (including phenoxy) is 1. The van der Waals surface area contributed by atoms with Gasteiger partial charge in [-0.05, 0) is 30.7 Å². The molecule has 0 bridgehead atoms. The molecule has 1 heterocycles. The summed E-state index contributed by atoms with van der Waals surface area (Å²) in [5, 5.41) is 0.568. The summed E-state index contributed by atoms with van der Waals surface area (Å²) in [5.41, 5.74) is 4.64. The fourth-order valence-corrected chi connectivity index (χ4v) is 2.53. The Balaban J connectivity index is 1.69. The van der Waals surface area contributed by atoms with Gasteiger partial charge in [0.15, 0.2) is 0 Å². The van der Waals surface area contributed by atoms with E-state index in [0.717, 1.165) is 5.56 Å². The molecular formula is C20H18N2O5. The molecule has 2 amide bonds. The highest BCUT2D eigenvalue weighted by Gasteiger charge is 2.15. The molecule has 0 aliphatic heterocycles. The standard InChI is InChI=1S/C20H18N2O5/c1-2-26-15-9-8-14-11-16(20(25)27-17(14)12-15)19(24)22-21-18(23)10-13-6-4-3-5-7-13/h3-9,11-12H,2,10H2,1H3,(H,21,23)(H,22,24). The second-order valence-electron chi connectivity index (χ2n) is 5.74. The number of hydrazine groups is 1. The van der Waals surface area contributed by atoms with Crippen molar-refractivity contribution >= 4 is 22.8 Å². The quantitative estimate of drug-likeness (QED) is 0.533. The smallest absolute Gasteiger partial charge is 0.349 e. The van der Waals surface area contributed by atoms with Gasteiger partial charge in [0, 0.05) is 11.5 Å². The van der Waals surface area contributed by atoms with E-state index in [-0.39, 0.29) is 12.0 Å². The zero-order chi connectivity index (χ0) is 19.2. The molecule has 138 valence electrons. The summed E-state index contributed by atoms with van der Waals surface area (Å²) in [4.78, 5) is 36.2. The van der Waals surface area contributed by atoms with E-state index in [0.29, 0.717) is 23.3 Å². The molecule has 1 aromatic heterocycles. The predicted molar refractivity (Wildman–Crippen MR) is 99.4 cm³/mol. The molecule has 0 aliphatic rings. The molecule has 0 atom stereocenters. The summed E-state index contributed by atoms with van der Waals surface area (Å²) in [6, 6.07) is 15.5. The van der Waals surface area contributed by atoms with E-state index in [9.17, 15) is 14.4 Å². The van der Waals surface area contributed by atoms with Crippen molar-refractivity contribution in [2.45, 2.75) is 13.3 Å². The molecule has 0 fully saturated rings. The van der Waals surface area contributed by atoms with Crippen molar-refractivity contribution in [2.75, 3.05) is 6.61 Å². The number of amides is 2. The van der Waals surface area contributed by atoms with Crippen LogP contribution in [0.3, 0.4) is 0 Å². The van der Waals surface area contributed by atoms with E-state index in [1.807, 2.05) is 25.1 Å². The number of carbonyl (C=O) groups is 2. The van der Waals surface area contributed by atoms with Crippen LogP contribution in [0.15, 0.2) is 63.8 Å². The van der Waals surface area contributed by atoms with Crippen molar-refractivity contribution in [3.63, 3.8) is 0 Å². The molecule has 2 N–H and O–H groups in total. The number of nitrogens with one attached hydrogen (secondary N) is 2. The number of rotatable bonds is 5. The van der Waals surface area contributed by atoms with Gasteiger partial charge in [-0.3, -0.25) is 20.4 Å². The van der Waals surface area contributed by atoms with E-state index in [4.69, 9.17) is 9.15 Å². The molecule has 0 saturated heterocycles. The van der Waals surface area contributed by atoms with Crippen LogP contribution in [0.1, 0.15) is 22.8 Å². The van der Waals surface area contributed by atoms with Gasteiger partial charge in [-0.2, -0.15) is 0 Å². The molecule has 0 spiro atoms. The monoisotopic (exact) mass is 366 g/mol. The zero-order valence-electron chi connectivity index (χ0n) is 14.7. The number of carbonyl (C=O) groups excluding carboxylic acids is 2. The van der Waals surface area contributed by atoms with Crippen LogP contribution in [0.2, 0.25) is 0 Å². The third-order valence-electron chi connectivity index (χ3n) is 3.79. The Labute approximate surface area is 154 Å². The van der Waals surface area contributed by atoms with Gasteiger partial charge in [-0.25, -0.2) is 4.79 Å². The van der Waals surface area contributed by atoms with Gasteiger partial charge in [0.2, 0.25) is 5.91 Å². The lowest BCUT2D eigenvalue weighted by molar-refractivity contribution is -0.121. The largest absolute Gasteiger partial charge is 0.494 e. The van der Waals surface area contributed by atoms with E-state index in [1.54, 1.807) is 30.3 Å². The van der Waals surface area contributed by atoms with Gasteiger partial charge in [0.05, 0.1) is 13.0 Å². The Morgan fingerprint density at radius 3 is 2.56 bits per heavy atom. The number of benzene rings is 2. The summed E-state index contributed by atoms with van der Waals surface area (Å²) in [7, 11) is 0. The topological polar surface area (TPSA) is 97.6 Å². The summed E-state index contributed by atoms with van der Waals surface area (Å²) >= 11 is 0. The van der Waals surface area contributed by atoms with Gasteiger partial charge in [0.25, 0.3) is 5.91 Å². The first kappa shape index (κ1) is 18.2. The maximum absolute atomic E-state index is 12.2. The van der Waals surface area contributed by atoms with E-state index in [1.165, 1.54) is 6.07 Å². The Kier molecular flexibility index (Phi) is 5.51. The normalized spacial score (nSPS) is 10.4. The van der Waals surface area contributed by atoms with Crippen LogP contribution in [0, 0.1) is 0 Å². The third-order valence-corrected chi connectivity index (χ3v) is 3.79. The van der Waals surface area contributed by atoms with Crippen molar-refractivity contribution < 1.29 is 18.7 Å². The van der Waals surface area contributed by atoms with E-state index in [2.05, 4.69) is 10.9 Å². The molecule has 27 heavy (non-hydrogen) atoms. The average Bonchev–Trinajstić information content (AvgIpc) is 2.66. The Bertz CT molecular complexity index is 1030. The van der Waals surface area contributed by atoms with Gasteiger partial charge in [-0.15, -0.1) is 0 Å². The van der Waals surface area contributed by atoms with Crippen molar-refractivity contribution in [1.29, 1.82) is 0 Å².